The van der Waals surface area contributed by atoms with Crippen molar-refractivity contribution < 1.29 is 27.2 Å². The molecule has 0 atom stereocenters. The maximum Gasteiger partial charge on any atom is 0.419 e. The minimum Gasteiger partial charge on any atom is -0.317 e. The van der Waals surface area contributed by atoms with Gasteiger partial charge in [-0.1, -0.05) is 45.4 Å². The molecule has 3 amide bonds. The number of H-pyrrole nitrogens is 1. The topological polar surface area (TPSA) is 116 Å². The standard InChI is InChI=1S/C27H31F4N7O2.CH4/c1-26(2,3)18-8-11-20(12-9-18)38(25(40)32-19-10-13-22(28)21(14-19)27(29,30)31)15-16-4-6-17(7-5-16)23(39)33-24-34-36-37-35-24;/h4-7,10,13-14,18,20H,8-9,11-12,15H2,1-3H3,(H,32,40)(H2,33,34,35,36,37,39);1H4. The predicted molar refractivity (Wildman–Crippen MR) is 146 cm³/mol. The fraction of sp³-hybridized carbons (Fsp3) is 0.464. The Morgan fingerprint density at radius 1 is 1.00 bits per heavy atom. The van der Waals surface area contributed by atoms with Gasteiger partial charge in [0.1, 0.15) is 5.82 Å². The van der Waals surface area contributed by atoms with E-state index in [1.165, 1.54) is 0 Å². The van der Waals surface area contributed by atoms with Crippen LogP contribution in [0.15, 0.2) is 42.5 Å². The number of nitrogens with one attached hydrogen (secondary N) is 3. The van der Waals surface area contributed by atoms with Crippen molar-refractivity contribution >= 4 is 23.6 Å². The van der Waals surface area contributed by atoms with Crippen LogP contribution in [0.4, 0.5) is 34.0 Å². The van der Waals surface area contributed by atoms with Crippen LogP contribution in [0.3, 0.4) is 0 Å². The van der Waals surface area contributed by atoms with E-state index in [0.717, 1.165) is 37.3 Å². The van der Waals surface area contributed by atoms with Crippen molar-refractivity contribution in [2.75, 3.05) is 10.6 Å². The van der Waals surface area contributed by atoms with Gasteiger partial charge in [0, 0.05) is 23.8 Å². The van der Waals surface area contributed by atoms with Crippen LogP contribution in [0.1, 0.15) is 75.4 Å². The van der Waals surface area contributed by atoms with Crippen LogP contribution in [-0.2, 0) is 12.7 Å². The van der Waals surface area contributed by atoms with Crippen LogP contribution in [-0.4, -0.2) is 43.5 Å². The Morgan fingerprint density at radius 2 is 1.66 bits per heavy atom. The molecule has 0 bridgehead atoms. The molecule has 1 fully saturated rings. The van der Waals surface area contributed by atoms with Gasteiger partial charge in [0.2, 0.25) is 0 Å². The van der Waals surface area contributed by atoms with Gasteiger partial charge in [-0.15, -0.1) is 5.10 Å². The third-order valence-electron chi connectivity index (χ3n) is 7.29. The third-order valence-corrected chi connectivity index (χ3v) is 7.29. The Kier molecular flexibility index (Phi) is 9.72. The number of urea groups is 1. The molecule has 1 aromatic heterocycles. The maximum absolute atomic E-state index is 13.8. The first-order valence-electron chi connectivity index (χ1n) is 12.9. The molecule has 0 spiro atoms. The van der Waals surface area contributed by atoms with E-state index in [1.807, 2.05) is 0 Å². The van der Waals surface area contributed by atoms with E-state index in [4.69, 9.17) is 0 Å². The Morgan fingerprint density at radius 3 is 2.22 bits per heavy atom. The van der Waals surface area contributed by atoms with E-state index in [9.17, 15) is 27.2 Å². The minimum absolute atomic E-state index is 0. The van der Waals surface area contributed by atoms with Crippen LogP contribution in [0, 0.1) is 17.2 Å². The number of hydrogen-bond acceptors (Lipinski definition) is 5. The van der Waals surface area contributed by atoms with E-state index in [2.05, 4.69) is 52.0 Å². The summed E-state index contributed by atoms with van der Waals surface area (Å²) in [5.41, 5.74) is -0.420. The van der Waals surface area contributed by atoms with Crippen molar-refractivity contribution in [3.05, 3.63) is 65.0 Å². The molecule has 13 heteroatoms. The lowest BCUT2D eigenvalue weighted by molar-refractivity contribution is -0.139. The van der Waals surface area contributed by atoms with E-state index in [0.29, 0.717) is 23.6 Å². The Balaban J connectivity index is 0.00000462. The molecule has 9 nitrogen and oxygen atoms in total. The number of aromatic amines is 1. The monoisotopic (exact) mass is 577 g/mol. The van der Waals surface area contributed by atoms with Crippen molar-refractivity contribution in [1.29, 1.82) is 0 Å². The zero-order valence-electron chi connectivity index (χ0n) is 22.3. The first-order valence-corrected chi connectivity index (χ1v) is 12.9. The second-order valence-electron chi connectivity index (χ2n) is 11.0. The maximum atomic E-state index is 13.8. The van der Waals surface area contributed by atoms with Crippen molar-refractivity contribution in [3.63, 3.8) is 0 Å². The molecule has 1 aliphatic carbocycles. The Bertz CT molecular complexity index is 1310. The van der Waals surface area contributed by atoms with Gasteiger partial charge in [-0.2, -0.15) is 18.4 Å². The minimum atomic E-state index is -4.90. The molecule has 1 saturated carbocycles. The molecule has 41 heavy (non-hydrogen) atoms. The Labute approximate surface area is 236 Å². The van der Waals surface area contributed by atoms with Gasteiger partial charge in [0.05, 0.1) is 5.56 Å². The molecule has 0 radical (unpaired) electrons. The summed E-state index contributed by atoms with van der Waals surface area (Å²) < 4.78 is 53.5. The lowest BCUT2D eigenvalue weighted by Gasteiger charge is -2.41. The average molecular weight is 578 g/mol. The van der Waals surface area contributed by atoms with Gasteiger partial charge in [-0.3, -0.25) is 10.1 Å². The summed E-state index contributed by atoms with van der Waals surface area (Å²) >= 11 is 0. The van der Waals surface area contributed by atoms with Gasteiger partial charge in [0.15, 0.2) is 0 Å². The summed E-state index contributed by atoms with van der Waals surface area (Å²) in [4.78, 5) is 27.5. The van der Waals surface area contributed by atoms with Gasteiger partial charge >= 0.3 is 12.2 Å². The van der Waals surface area contributed by atoms with Crippen LogP contribution in [0.2, 0.25) is 0 Å². The number of amides is 3. The number of tetrazole rings is 1. The first kappa shape index (κ1) is 31.5. The Hall–Kier alpha value is -4.03. The number of carbonyl (C=O) groups is 2. The molecule has 0 saturated heterocycles. The molecule has 4 rings (SSSR count). The predicted octanol–water partition coefficient (Wildman–Crippen LogP) is 6.89. The van der Waals surface area contributed by atoms with Gasteiger partial charge in [-0.05, 0) is 78.1 Å². The normalized spacial score (nSPS) is 17.3. The van der Waals surface area contributed by atoms with E-state index >= 15 is 0 Å². The van der Waals surface area contributed by atoms with Gasteiger partial charge in [0.25, 0.3) is 11.9 Å². The zero-order chi connectivity index (χ0) is 29.1. The van der Waals surface area contributed by atoms with Crippen molar-refractivity contribution in [3.8, 4) is 0 Å². The van der Waals surface area contributed by atoms with Crippen LogP contribution >= 0.6 is 0 Å². The van der Waals surface area contributed by atoms with E-state index in [1.54, 1.807) is 29.2 Å². The zero-order valence-corrected chi connectivity index (χ0v) is 22.3. The fourth-order valence-corrected chi connectivity index (χ4v) is 4.98. The van der Waals surface area contributed by atoms with E-state index in [-0.39, 0.29) is 37.1 Å². The fourth-order valence-electron chi connectivity index (χ4n) is 4.98. The number of carbonyl (C=O) groups excluding carboxylic acids is 2. The smallest absolute Gasteiger partial charge is 0.317 e. The van der Waals surface area contributed by atoms with Gasteiger partial charge in [-0.25, -0.2) is 9.18 Å². The number of anilines is 2. The summed E-state index contributed by atoms with van der Waals surface area (Å²) in [6.45, 7) is 6.72. The molecule has 222 valence electrons. The second kappa shape index (κ2) is 12.6. The molecular formula is C28H35F4N7O2. The molecule has 0 unspecified atom stereocenters. The number of hydrogen-bond donors (Lipinski definition) is 3. The SMILES string of the molecule is C.CC(C)(C)C1CCC(N(Cc2ccc(C(=O)Nc3nn[nH]n3)cc2)C(=O)Nc2ccc(F)c(C(F)(F)F)c2)CC1. The highest BCUT2D eigenvalue weighted by Crippen LogP contribution is 2.39. The molecule has 3 N–H and O–H groups in total. The molecule has 2 aromatic carbocycles. The number of alkyl halides is 3. The number of aromatic nitrogens is 4. The highest BCUT2D eigenvalue weighted by molar-refractivity contribution is 6.03. The van der Waals surface area contributed by atoms with Gasteiger partial charge < -0.3 is 10.2 Å². The molecule has 0 aliphatic heterocycles. The molecule has 1 aliphatic rings. The second-order valence-corrected chi connectivity index (χ2v) is 11.0. The summed E-state index contributed by atoms with van der Waals surface area (Å²) in [6.07, 6.45) is -1.62. The number of nitrogens with zero attached hydrogens (tertiary/aromatic N) is 4. The van der Waals surface area contributed by atoms with Crippen molar-refractivity contribution in [2.45, 2.75) is 72.6 Å². The molecular weight excluding hydrogens is 542 g/mol. The van der Waals surface area contributed by atoms with Crippen molar-refractivity contribution in [2.24, 2.45) is 11.3 Å². The summed E-state index contributed by atoms with van der Waals surface area (Å²) in [5, 5.41) is 18.0. The lowest BCUT2D eigenvalue weighted by atomic mass is 9.71. The largest absolute Gasteiger partial charge is 0.419 e. The highest BCUT2D eigenvalue weighted by atomic mass is 19.4. The van der Waals surface area contributed by atoms with Crippen LogP contribution in [0.5, 0.6) is 0 Å². The quantitative estimate of drug-likeness (QED) is 0.276. The third kappa shape index (κ3) is 8.01. The van der Waals surface area contributed by atoms with Crippen molar-refractivity contribution in [1.82, 2.24) is 25.5 Å². The highest BCUT2D eigenvalue weighted by Gasteiger charge is 2.36. The van der Waals surface area contributed by atoms with Crippen LogP contribution in [0.25, 0.3) is 0 Å². The number of rotatable bonds is 6. The summed E-state index contributed by atoms with van der Waals surface area (Å²) in [6, 6.07) is 8.24. The summed E-state index contributed by atoms with van der Waals surface area (Å²) in [7, 11) is 0. The first-order chi connectivity index (χ1) is 18.8. The number of halogens is 4. The average Bonchev–Trinajstić information content (AvgIpc) is 3.40. The number of benzene rings is 2. The van der Waals surface area contributed by atoms with Crippen LogP contribution < -0.4 is 10.6 Å². The summed E-state index contributed by atoms with van der Waals surface area (Å²) in [5.74, 6) is -1.35. The van der Waals surface area contributed by atoms with E-state index < -0.39 is 29.5 Å². The lowest BCUT2D eigenvalue weighted by Crippen LogP contribution is -2.45. The molecule has 3 aromatic rings. The molecule has 1 heterocycles.